The van der Waals surface area contributed by atoms with Gasteiger partial charge in [0.15, 0.2) is 0 Å². The maximum absolute atomic E-state index is 11.1. The van der Waals surface area contributed by atoms with Crippen molar-refractivity contribution >= 4 is 17.6 Å². The van der Waals surface area contributed by atoms with Gasteiger partial charge in [-0.2, -0.15) is 0 Å². The molecular weight excluding hydrogens is 224 g/mol. The third-order valence-corrected chi connectivity index (χ3v) is 2.92. The highest BCUT2D eigenvalue weighted by molar-refractivity contribution is 5.86. The number of anilines is 1. The molecule has 1 saturated heterocycles. The van der Waals surface area contributed by atoms with Crippen LogP contribution in [0.1, 0.15) is 12.8 Å². The first kappa shape index (κ1) is 11.4. The van der Waals surface area contributed by atoms with Crippen molar-refractivity contribution in [2.45, 2.75) is 24.9 Å². The molecule has 1 aromatic heterocycles. The Hall–Kier alpha value is -2.11. The largest absolute Gasteiger partial charge is 0.480 e. The van der Waals surface area contributed by atoms with Crippen LogP contribution in [0.15, 0.2) is 24.5 Å². The van der Waals surface area contributed by atoms with E-state index >= 15 is 0 Å². The number of carbonyl (C=O) groups is 2. The predicted molar refractivity (Wildman–Crippen MR) is 58.8 cm³/mol. The van der Waals surface area contributed by atoms with Crippen molar-refractivity contribution in [1.82, 2.24) is 4.98 Å². The molecule has 1 aromatic rings. The molecule has 0 aromatic carbocycles. The molecule has 17 heavy (non-hydrogen) atoms. The minimum atomic E-state index is -0.995. The molecule has 2 N–H and O–H groups in total. The summed E-state index contributed by atoms with van der Waals surface area (Å²) in [6.45, 7) is 0. The summed E-state index contributed by atoms with van der Waals surface area (Å²) < 4.78 is 0. The van der Waals surface area contributed by atoms with Crippen LogP contribution in [-0.4, -0.2) is 39.2 Å². The van der Waals surface area contributed by atoms with Gasteiger partial charge < -0.3 is 15.1 Å². The van der Waals surface area contributed by atoms with Gasteiger partial charge in [0.2, 0.25) is 0 Å². The minimum absolute atomic E-state index is 0.342. The van der Waals surface area contributed by atoms with Crippen molar-refractivity contribution in [3.05, 3.63) is 24.5 Å². The van der Waals surface area contributed by atoms with Crippen LogP contribution in [0.2, 0.25) is 0 Å². The summed E-state index contributed by atoms with van der Waals surface area (Å²) in [6.07, 6.45) is 3.72. The van der Waals surface area contributed by atoms with Crippen LogP contribution in [0.5, 0.6) is 0 Å². The average Bonchev–Trinajstić information content (AvgIpc) is 2.74. The minimum Gasteiger partial charge on any atom is -0.480 e. The van der Waals surface area contributed by atoms with Crippen molar-refractivity contribution < 1.29 is 19.8 Å². The summed E-state index contributed by atoms with van der Waals surface area (Å²) in [5.41, 5.74) is 0.581. The second-order valence-electron chi connectivity index (χ2n) is 3.90. The molecule has 1 fully saturated rings. The van der Waals surface area contributed by atoms with Crippen molar-refractivity contribution in [2.75, 3.05) is 4.90 Å². The number of rotatable bonds is 3. The van der Waals surface area contributed by atoms with Crippen molar-refractivity contribution in [3.63, 3.8) is 0 Å². The zero-order chi connectivity index (χ0) is 12.4. The number of nitrogens with zero attached hydrogens (tertiary/aromatic N) is 2. The van der Waals surface area contributed by atoms with Gasteiger partial charge in [-0.25, -0.2) is 9.59 Å². The monoisotopic (exact) mass is 236 g/mol. The molecular formula is C11H12N2O4. The SMILES string of the molecule is O=C(O)[C@@H]1CC[C@@H](C(=O)O)N1c1ccncc1. The molecule has 0 bridgehead atoms. The summed E-state index contributed by atoms with van der Waals surface area (Å²) in [5, 5.41) is 18.2. The maximum Gasteiger partial charge on any atom is 0.326 e. The molecule has 6 heteroatoms. The highest BCUT2D eigenvalue weighted by Crippen LogP contribution is 2.30. The topological polar surface area (TPSA) is 90.7 Å². The van der Waals surface area contributed by atoms with E-state index in [0.717, 1.165) is 0 Å². The Kier molecular flexibility index (Phi) is 2.95. The quantitative estimate of drug-likeness (QED) is 0.798. The van der Waals surface area contributed by atoms with Crippen LogP contribution in [0.25, 0.3) is 0 Å². The first-order chi connectivity index (χ1) is 8.11. The Labute approximate surface area is 97.5 Å². The summed E-state index contributed by atoms with van der Waals surface area (Å²) in [5.74, 6) is -1.99. The highest BCUT2D eigenvalue weighted by Gasteiger charge is 2.41. The number of aromatic nitrogens is 1. The molecule has 0 spiro atoms. The lowest BCUT2D eigenvalue weighted by molar-refractivity contribution is -0.139. The Balaban J connectivity index is 2.36. The van der Waals surface area contributed by atoms with E-state index in [9.17, 15) is 9.59 Å². The van der Waals surface area contributed by atoms with E-state index in [1.165, 1.54) is 17.3 Å². The molecule has 0 radical (unpaired) electrons. The van der Waals surface area contributed by atoms with Gasteiger partial charge in [0, 0.05) is 18.1 Å². The van der Waals surface area contributed by atoms with Crippen LogP contribution in [0.3, 0.4) is 0 Å². The molecule has 0 saturated carbocycles. The first-order valence-electron chi connectivity index (χ1n) is 5.25. The Morgan fingerprint density at radius 1 is 1.12 bits per heavy atom. The van der Waals surface area contributed by atoms with E-state index in [-0.39, 0.29) is 0 Å². The molecule has 6 nitrogen and oxygen atoms in total. The fourth-order valence-electron chi connectivity index (χ4n) is 2.17. The standard InChI is InChI=1S/C11H12N2O4/c14-10(15)8-1-2-9(11(16)17)13(8)7-3-5-12-6-4-7/h3-6,8-9H,1-2H2,(H,14,15)(H,16,17)/t8-,9-/m0/s1. The molecule has 2 atom stereocenters. The van der Waals surface area contributed by atoms with E-state index in [1.807, 2.05) is 0 Å². The number of aliphatic carboxylic acids is 2. The molecule has 0 amide bonds. The molecule has 2 rings (SSSR count). The molecule has 0 aliphatic carbocycles. The summed E-state index contributed by atoms with van der Waals surface area (Å²) >= 11 is 0. The van der Waals surface area contributed by atoms with E-state index in [2.05, 4.69) is 4.98 Å². The summed E-state index contributed by atoms with van der Waals surface area (Å²) in [4.78, 5) is 27.5. The normalized spacial score (nSPS) is 23.6. The zero-order valence-corrected chi connectivity index (χ0v) is 8.98. The van der Waals surface area contributed by atoms with Gasteiger partial charge in [0.1, 0.15) is 12.1 Å². The maximum atomic E-state index is 11.1. The number of carboxylic acid groups (broad SMARTS) is 2. The smallest absolute Gasteiger partial charge is 0.326 e. The summed E-state index contributed by atoms with van der Waals surface area (Å²) in [7, 11) is 0. The Morgan fingerprint density at radius 2 is 1.59 bits per heavy atom. The lowest BCUT2D eigenvalue weighted by Crippen LogP contribution is -2.44. The van der Waals surface area contributed by atoms with Crippen LogP contribution >= 0.6 is 0 Å². The molecule has 1 aliphatic heterocycles. The van der Waals surface area contributed by atoms with E-state index < -0.39 is 24.0 Å². The van der Waals surface area contributed by atoms with Gasteiger partial charge in [-0.05, 0) is 25.0 Å². The third kappa shape index (κ3) is 2.06. The fraction of sp³-hybridized carbons (Fsp3) is 0.364. The van der Waals surface area contributed by atoms with Gasteiger partial charge in [-0.15, -0.1) is 0 Å². The lowest BCUT2D eigenvalue weighted by atomic mass is 10.2. The van der Waals surface area contributed by atoms with Gasteiger partial charge in [-0.1, -0.05) is 0 Å². The highest BCUT2D eigenvalue weighted by atomic mass is 16.4. The zero-order valence-electron chi connectivity index (χ0n) is 8.98. The molecule has 0 unspecified atom stereocenters. The first-order valence-corrected chi connectivity index (χ1v) is 5.25. The second kappa shape index (κ2) is 4.40. The van der Waals surface area contributed by atoms with Crippen LogP contribution < -0.4 is 4.90 Å². The Morgan fingerprint density at radius 3 is 2.00 bits per heavy atom. The predicted octanol–water partition coefficient (Wildman–Crippen LogP) is 0.588. The van der Waals surface area contributed by atoms with Gasteiger partial charge >= 0.3 is 11.9 Å². The van der Waals surface area contributed by atoms with Crippen LogP contribution in [-0.2, 0) is 9.59 Å². The van der Waals surface area contributed by atoms with Crippen molar-refractivity contribution in [2.24, 2.45) is 0 Å². The number of hydrogen-bond acceptors (Lipinski definition) is 4. The molecule has 2 heterocycles. The average molecular weight is 236 g/mol. The van der Waals surface area contributed by atoms with E-state index in [0.29, 0.717) is 18.5 Å². The van der Waals surface area contributed by atoms with Gasteiger partial charge in [0.25, 0.3) is 0 Å². The summed E-state index contributed by atoms with van der Waals surface area (Å²) in [6, 6.07) is 1.69. The Bertz CT molecular complexity index is 412. The third-order valence-electron chi connectivity index (χ3n) is 2.92. The van der Waals surface area contributed by atoms with Gasteiger partial charge in [-0.3, -0.25) is 4.98 Å². The van der Waals surface area contributed by atoms with Crippen LogP contribution in [0.4, 0.5) is 5.69 Å². The number of pyridine rings is 1. The number of hydrogen-bond donors (Lipinski definition) is 2. The molecule has 90 valence electrons. The van der Waals surface area contributed by atoms with Crippen LogP contribution in [0, 0.1) is 0 Å². The second-order valence-corrected chi connectivity index (χ2v) is 3.90. The number of carboxylic acids is 2. The fourth-order valence-corrected chi connectivity index (χ4v) is 2.17. The molecule has 1 aliphatic rings. The van der Waals surface area contributed by atoms with E-state index in [4.69, 9.17) is 10.2 Å². The van der Waals surface area contributed by atoms with E-state index in [1.54, 1.807) is 12.1 Å². The lowest BCUT2D eigenvalue weighted by Gasteiger charge is -2.27. The van der Waals surface area contributed by atoms with Gasteiger partial charge in [0.05, 0.1) is 0 Å². The van der Waals surface area contributed by atoms with Crippen molar-refractivity contribution in [3.8, 4) is 0 Å². The van der Waals surface area contributed by atoms with Crippen molar-refractivity contribution in [1.29, 1.82) is 0 Å².